The lowest BCUT2D eigenvalue weighted by Gasteiger charge is -2.29. The van der Waals surface area contributed by atoms with Crippen LogP contribution >= 0.6 is 0 Å². The number of nitrogens with zero attached hydrogens (tertiary/aromatic N) is 5. The number of benzene rings is 1. The van der Waals surface area contributed by atoms with Crippen LogP contribution in [0.15, 0.2) is 41.7 Å². The molecule has 8 nitrogen and oxygen atoms in total. The molecule has 1 aromatic carbocycles. The smallest absolute Gasteiger partial charge is 0.290 e. The van der Waals surface area contributed by atoms with Crippen LogP contribution < -0.4 is 10.4 Å². The molecule has 3 rings (SSSR count). The highest BCUT2D eigenvalue weighted by molar-refractivity contribution is 6.39. The molecule has 8 heteroatoms. The summed E-state index contributed by atoms with van der Waals surface area (Å²) in [6.07, 6.45) is 3.56. The fourth-order valence-corrected chi connectivity index (χ4v) is 2.52. The van der Waals surface area contributed by atoms with Gasteiger partial charge in [0.15, 0.2) is 0 Å². The number of aromatic nitrogens is 2. The zero-order valence-corrected chi connectivity index (χ0v) is 14.4. The van der Waals surface area contributed by atoms with E-state index in [4.69, 9.17) is 0 Å². The third-order valence-corrected chi connectivity index (χ3v) is 3.86. The number of amides is 2. The van der Waals surface area contributed by atoms with Crippen molar-refractivity contribution in [2.45, 2.75) is 13.5 Å². The molecule has 2 aromatic rings. The summed E-state index contributed by atoms with van der Waals surface area (Å²) < 4.78 is 1.68. The number of likely N-dealkylation sites (N-methyl/N-ethyl adjacent to an activating group) is 1. The van der Waals surface area contributed by atoms with Gasteiger partial charge in [0, 0.05) is 32.4 Å². The van der Waals surface area contributed by atoms with Crippen LogP contribution in [0.3, 0.4) is 0 Å². The van der Waals surface area contributed by atoms with E-state index in [1.807, 2.05) is 44.4 Å². The van der Waals surface area contributed by atoms with Crippen molar-refractivity contribution < 1.29 is 9.59 Å². The SMILES string of the molecule is Cc1ccc(N2NC(C(=O)N(C)Cc3cnn(C)c3)=NCC2=O)cc1. The van der Waals surface area contributed by atoms with Crippen LogP contribution in [0, 0.1) is 6.92 Å². The summed E-state index contributed by atoms with van der Waals surface area (Å²) in [5.74, 6) is -0.352. The maximum atomic E-state index is 12.6. The molecule has 25 heavy (non-hydrogen) atoms. The average Bonchev–Trinajstić information content (AvgIpc) is 3.00. The van der Waals surface area contributed by atoms with E-state index in [0.717, 1.165) is 11.1 Å². The van der Waals surface area contributed by atoms with Gasteiger partial charge in [0.05, 0.1) is 11.9 Å². The standard InChI is InChI=1S/C17H20N6O2/c1-12-4-6-14(7-5-12)23-15(24)9-18-16(20-23)17(25)21(2)10-13-8-19-22(3)11-13/h4-8,11H,9-10H2,1-3H3,(H,18,20). The van der Waals surface area contributed by atoms with E-state index >= 15 is 0 Å². The first kappa shape index (κ1) is 16.7. The lowest BCUT2D eigenvalue weighted by molar-refractivity contribution is -0.123. The number of aryl methyl sites for hydroxylation is 2. The highest BCUT2D eigenvalue weighted by atomic mass is 16.2. The van der Waals surface area contributed by atoms with Gasteiger partial charge >= 0.3 is 0 Å². The average molecular weight is 340 g/mol. The van der Waals surface area contributed by atoms with Gasteiger partial charge in [-0.05, 0) is 19.1 Å². The van der Waals surface area contributed by atoms with Crippen molar-refractivity contribution in [1.29, 1.82) is 0 Å². The van der Waals surface area contributed by atoms with E-state index in [1.54, 1.807) is 17.9 Å². The maximum absolute atomic E-state index is 12.6. The summed E-state index contributed by atoms with van der Waals surface area (Å²) in [6.45, 7) is 2.31. The van der Waals surface area contributed by atoms with Crippen LogP contribution in [-0.4, -0.2) is 45.9 Å². The topological polar surface area (TPSA) is 82.8 Å². The molecule has 2 amide bonds. The highest BCUT2D eigenvalue weighted by Crippen LogP contribution is 2.15. The quantitative estimate of drug-likeness (QED) is 0.885. The Morgan fingerprint density at radius 2 is 2.04 bits per heavy atom. The van der Waals surface area contributed by atoms with Crippen molar-refractivity contribution in [2.75, 3.05) is 18.6 Å². The zero-order valence-electron chi connectivity index (χ0n) is 14.4. The van der Waals surface area contributed by atoms with Gasteiger partial charge in [0.25, 0.3) is 11.8 Å². The Hall–Kier alpha value is -3.16. The van der Waals surface area contributed by atoms with Crippen molar-refractivity contribution in [2.24, 2.45) is 12.0 Å². The largest absolute Gasteiger partial charge is 0.335 e. The Morgan fingerprint density at radius 1 is 1.32 bits per heavy atom. The Kier molecular flexibility index (Phi) is 4.51. The molecule has 0 fully saturated rings. The number of aliphatic imine (C=N–C) groups is 1. The number of hydrazine groups is 1. The summed E-state index contributed by atoms with van der Waals surface area (Å²) >= 11 is 0. The van der Waals surface area contributed by atoms with E-state index in [1.165, 1.54) is 9.91 Å². The van der Waals surface area contributed by atoms with Crippen LogP contribution in [0.4, 0.5) is 5.69 Å². The molecule has 1 aromatic heterocycles. The van der Waals surface area contributed by atoms with E-state index in [-0.39, 0.29) is 24.2 Å². The first-order valence-electron chi connectivity index (χ1n) is 7.88. The molecule has 1 N–H and O–H groups in total. The molecular weight excluding hydrogens is 320 g/mol. The molecule has 1 aliphatic heterocycles. The number of hydrogen-bond donors (Lipinski definition) is 1. The van der Waals surface area contributed by atoms with Gasteiger partial charge in [0.1, 0.15) is 6.54 Å². The fourth-order valence-electron chi connectivity index (χ4n) is 2.52. The fraction of sp³-hybridized carbons (Fsp3) is 0.294. The second-order valence-corrected chi connectivity index (χ2v) is 6.02. The zero-order chi connectivity index (χ0) is 18.0. The van der Waals surface area contributed by atoms with Crippen LogP contribution in [0.1, 0.15) is 11.1 Å². The number of rotatable bonds is 4. The van der Waals surface area contributed by atoms with Gasteiger partial charge in [-0.1, -0.05) is 17.7 Å². The summed E-state index contributed by atoms with van der Waals surface area (Å²) in [4.78, 5) is 30.4. The summed E-state index contributed by atoms with van der Waals surface area (Å²) in [5, 5.41) is 5.45. The second kappa shape index (κ2) is 6.76. The first-order valence-corrected chi connectivity index (χ1v) is 7.88. The normalized spacial score (nSPS) is 14.1. The van der Waals surface area contributed by atoms with E-state index in [2.05, 4.69) is 15.5 Å². The molecule has 0 spiro atoms. The predicted molar refractivity (Wildman–Crippen MR) is 93.8 cm³/mol. The molecule has 0 unspecified atom stereocenters. The number of anilines is 1. The minimum atomic E-state index is -0.284. The third kappa shape index (κ3) is 3.68. The summed E-state index contributed by atoms with van der Waals surface area (Å²) in [5.41, 5.74) is 5.51. The maximum Gasteiger partial charge on any atom is 0.290 e. The van der Waals surface area contributed by atoms with Crippen molar-refractivity contribution in [3.05, 3.63) is 47.8 Å². The van der Waals surface area contributed by atoms with Crippen molar-refractivity contribution >= 4 is 23.3 Å². The molecule has 0 atom stereocenters. The molecule has 2 heterocycles. The molecule has 0 aliphatic carbocycles. The third-order valence-electron chi connectivity index (χ3n) is 3.86. The summed E-state index contributed by atoms with van der Waals surface area (Å²) in [7, 11) is 3.51. The first-order chi connectivity index (χ1) is 11.9. The number of nitrogens with one attached hydrogen (secondary N) is 1. The number of hydrogen-bond acceptors (Lipinski definition) is 5. The van der Waals surface area contributed by atoms with Crippen LogP contribution in [0.25, 0.3) is 0 Å². The van der Waals surface area contributed by atoms with Gasteiger partial charge in [-0.25, -0.2) is 5.01 Å². The number of carbonyl (C=O) groups is 2. The second-order valence-electron chi connectivity index (χ2n) is 6.02. The lowest BCUT2D eigenvalue weighted by atomic mass is 10.2. The number of carbonyl (C=O) groups excluding carboxylic acids is 2. The van der Waals surface area contributed by atoms with Crippen LogP contribution in [0.2, 0.25) is 0 Å². The number of amidine groups is 1. The molecular formula is C17H20N6O2. The van der Waals surface area contributed by atoms with Gasteiger partial charge in [-0.3, -0.25) is 24.7 Å². The van der Waals surface area contributed by atoms with Gasteiger partial charge < -0.3 is 4.90 Å². The Bertz CT molecular complexity index is 824. The Balaban J connectivity index is 1.72. The van der Waals surface area contributed by atoms with Crippen molar-refractivity contribution in [1.82, 2.24) is 20.1 Å². The Morgan fingerprint density at radius 3 is 2.68 bits per heavy atom. The lowest BCUT2D eigenvalue weighted by Crippen LogP contribution is -2.55. The van der Waals surface area contributed by atoms with Crippen LogP contribution in [0.5, 0.6) is 0 Å². The van der Waals surface area contributed by atoms with Crippen molar-refractivity contribution in [3.8, 4) is 0 Å². The highest BCUT2D eigenvalue weighted by Gasteiger charge is 2.27. The molecule has 0 bridgehead atoms. The molecule has 1 aliphatic rings. The Labute approximate surface area is 145 Å². The molecule has 0 radical (unpaired) electrons. The molecule has 0 saturated carbocycles. The minimum Gasteiger partial charge on any atom is -0.335 e. The summed E-state index contributed by atoms with van der Waals surface area (Å²) in [6, 6.07) is 7.47. The van der Waals surface area contributed by atoms with E-state index in [9.17, 15) is 9.59 Å². The van der Waals surface area contributed by atoms with Gasteiger partial charge in [-0.15, -0.1) is 0 Å². The predicted octanol–water partition coefficient (Wildman–Crippen LogP) is 0.637. The van der Waals surface area contributed by atoms with Gasteiger partial charge in [0.2, 0.25) is 5.84 Å². The molecule has 130 valence electrons. The molecule has 0 saturated heterocycles. The van der Waals surface area contributed by atoms with Gasteiger partial charge in [-0.2, -0.15) is 5.10 Å². The van der Waals surface area contributed by atoms with E-state index < -0.39 is 0 Å². The van der Waals surface area contributed by atoms with Crippen molar-refractivity contribution in [3.63, 3.8) is 0 Å². The van der Waals surface area contributed by atoms with E-state index in [0.29, 0.717) is 12.2 Å². The minimum absolute atomic E-state index is 0.0668. The van der Waals surface area contributed by atoms with Crippen LogP contribution in [-0.2, 0) is 23.2 Å². The monoisotopic (exact) mass is 340 g/mol.